The van der Waals surface area contributed by atoms with Gasteiger partial charge in [0.2, 0.25) is 0 Å². The van der Waals surface area contributed by atoms with Gasteiger partial charge in [-0.3, -0.25) is 4.79 Å². The molecule has 0 amide bonds. The molecule has 0 saturated carbocycles. The normalized spacial score (nSPS) is 10.6. The second kappa shape index (κ2) is 11.1. The molecule has 32 heavy (non-hydrogen) atoms. The Bertz CT molecular complexity index is 1120. The molecule has 0 unspecified atom stereocenters. The van der Waals surface area contributed by atoms with E-state index < -0.39 is 0 Å². The summed E-state index contributed by atoms with van der Waals surface area (Å²) < 4.78 is 11.9. The van der Waals surface area contributed by atoms with E-state index in [1.807, 2.05) is 97.1 Å². The van der Waals surface area contributed by atoms with Crippen molar-refractivity contribution < 1.29 is 14.3 Å². The van der Waals surface area contributed by atoms with Gasteiger partial charge in [0.05, 0.1) is 18.8 Å². The fourth-order valence-electron chi connectivity index (χ4n) is 3.47. The van der Waals surface area contributed by atoms with E-state index in [1.54, 1.807) is 0 Å². The molecule has 0 aliphatic heterocycles. The average molecular weight is 423 g/mol. The van der Waals surface area contributed by atoms with E-state index in [-0.39, 0.29) is 5.78 Å². The van der Waals surface area contributed by atoms with Crippen molar-refractivity contribution in [3.8, 4) is 5.75 Å². The van der Waals surface area contributed by atoms with Crippen LogP contribution in [0.3, 0.4) is 0 Å². The SMILES string of the molecule is O=C(c1ccccc1)c1cc(CCOCc2ccccc2)ccc1OCc1ccccc1. The van der Waals surface area contributed by atoms with E-state index in [0.29, 0.717) is 36.7 Å². The second-order valence-corrected chi connectivity index (χ2v) is 7.59. The van der Waals surface area contributed by atoms with Gasteiger partial charge in [0, 0.05) is 5.56 Å². The van der Waals surface area contributed by atoms with E-state index in [4.69, 9.17) is 9.47 Å². The summed E-state index contributed by atoms with van der Waals surface area (Å²) in [5.74, 6) is 0.553. The Balaban J connectivity index is 1.47. The zero-order valence-electron chi connectivity index (χ0n) is 17.9. The maximum atomic E-state index is 13.2. The van der Waals surface area contributed by atoms with E-state index in [9.17, 15) is 4.79 Å². The van der Waals surface area contributed by atoms with Crippen LogP contribution < -0.4 is 4.74 Å². The Morgan fingerprint density at radius 3 is 1.88 bits per heavy atom. The Kier molecular flexibility index (Phi) is 7.46. The predicted octanol–water partition coefficient (Wildman–Crippen LogP) is 6.26. The highest BCUT2D eigenvalue weighted by Crippen LogP contribution is 2.25. The van der Waals surface area contributed by atoms with Gasteiger partial charge in [0.15, 0.2) is 5.78 Å². The smallest absolute Gasteiger partial charge is 0.196 e. The van der Waals surface area contributed by atoms with Gasteiger partial charge >= 0.3 is 0 Å². The molecular weight excluding hydrogens is 396 g/mol. The summed E-state index contributed by atoms with van der Waals surface area (Å²) in [6.45, 7) is 1.57. The lowest BCUT2D eigenvalue weighted by Crippen LogP contribution is -2.07. The number of hydrogen-bond donors (Lipinski definition) is 0. The number of ether oxygens (including phenoxy) is 2. The third-order valence-electron chi connectivity index (χ3n) is 5.21. The van der Waals surface area contributed by atoms with Crippen LogP contribution in [0.5, 0.6) is 5.75 Å². The van der Waals surface area contributed by atoms with Crippen molar-refractivity contribution in [1.29, 1.82) is 0 Å². The Labute approximate surface area is 189 Å². The fraction of sp³-hybridized carbons (Fsp3) is 0.138. The number of rotatable bonds is 10. The van der Waals surface area contributed by atoms with Gasteiger partial charge in [0.1, 0.15) is 12.4 Å². The molecule has 0 N–H and O–H groups in total. The van der Waals surface area contributed by atoms with Gasteiger partial charge in [-0.25, -0.2) is 0 Å². The molecule has 0 fully saturated rings. The zero-order valence-corrected chi connectivity index (χ0v) is 17.9. The quantitative estimate of drug-likeness (QED) is 0.224. The van der Waals surface area contributed by atoms with E-state index in [2.05, 4.69) is 12.1 Å². The van der Waals surface area contributed by atoms with Crippen LogP contribution in [0.25, 0.3) is 0 Å². The van der Waals surface area contributed by atoms with Crippen molar-refractivity contribution >= 4 is 5.78 Å². The van der Waals surface area contributed by atoms with Crippen LogP contribution in [0.15, 0.2) is 109 Å². The number of ketones is 1. The number of benzene rings is 4. The van der Waals surface area contributed by atoms with Crippen LogP contribution in [0.1, 0.15) is 32.6 Å². The standard InChI is InChI=1S/C29H26O3/c30-29(26-14-8-3-9-15-26)27-20-23(18-19-31-21-24-10-4-1-5-11-24)16-17-28(27)32-22-25-12-6-2-7-13-25/h1-17,20H,18-19,21-22H2. The molecule has 3 nitrogen and oxygen atoms in total. The summed E-state index contributed by atoms with van der Waals surface area (Å²) >= 11 is 0. The van der Waals surface area contributed by atoms with Crippen LogP contribution >= 0.6 is 0 Å². The van der Waals surface area contributed by atoms with E-state index >= 15 is 0 Å². The minimum absolute atomic E-state index is 0.0410. The largest absolute Gasteiger partial charge is 0.488 e. The molecule has 0 bridgehead atoms. The molecule has 0 spiro atoms. The molecule has 0 atom stereocenters. The molecule has 4 aromatic rings. The molecule has 0 radical (unpaired) electrons. The van der Waals surface area contributed by atoms with Gasteiger partial charge < -0.3 is 9.47 Å². The minimum Gasteiger partial charge on any atom is -0.488 e. The monoisotopic (exact) mass is 422 g/mol. The molecule has 3 heteroatoms. The molecule has 160 valence electrons. The molecule has 0 saturated heterocycles. The first-order valence-corrected chi connectivity index (χ1v) is 10.8. The highest BCUT2D eigenvalue weighted by molar-refractivity contribution is 6.10. The van der Waals surface area contributed by atoms with Crippen LogP contribution in [0, 0.1) is 0 Å². The first-order valence-electron chi connectivity index (χ1n) is 10.8. The average Bonchev–Trinajstić information content (AvgIpc) is 2.87. The Hall–Kier alpha value is -3.69. The van der Waals surface area contributed by atoms with Crippen molar-refractivity contribution in [2.45, 2.75) is 19.6 Å². The molecule has 0 heterocycles. The summed E-state index contributed by atoms with van der Waals surface area (Å²) in [5.41, 5.74) is 4.48. The van der Waals surface area contributed by atoms with Gasteiger partial charge in [-0.1, -0.05) is 97.1 Å². The lowest BCUT2D eigenvalue weighted by molar-refractivity contribution is 0.103. The van der Waals surface area contributed by atoms with Crippen molar-refractivity contribution in [1.82, 2.24) is 0 Å². The van der Waals surface area contributed by atoms with Crippen molar-refractivity contribution in [2.24, 2.45) is 0 Å². The minimum atomic E-state index is -0.0410. The van der Waals surface area contributed by atoms with Crippen LogP contribution in [0.2, 0.25) is 0 Å². The van der Waals surface area contributed by atoms with Gasteiger partial charge in [-0.2, -0.15) is 0 Å². The van der Waals surface area contributed by atoms with Gasteiger partial charge in [-0.15, -0.1) is 0 Å². The maximum Gasteiger partial charge on any atom is 0.196 e. The van der Waals surface area contributed by atoms with E-state index in [0.717, 1.165) is 23.1 Å². The number of carbonyl (C=O) groups is 1. The zero-order chi connectivity index (χ0) is 22.0. The lowest BCUT2D eigenvalue weighted by Gasteiger charge is -2.13. The number of hydrogen-bond acceptors (Lipinski definition) is 3. The summed E-state index contributed by atoms with van der Waals surface area (Å²) in [7, 11) is 0. The molecule has 4 aromatic carbocycles. The summed E-state index contributed by atoms with van der Waals surface area (Å²) in [4.78, 5) is 13.2. The Morgan fingerprint density at radius 2 is 1.22 bits per heavy atom. The highest BCUT2D eigenvalue weighted by Gasteiger charge is 2.16. The van der Waals surface area contributed by atoms with E-state index in [1.165, 1.54) is 0 Å². The topological polar surface area (TPSA) is 35.5 Å². The van der Waals surface area contributed by atoms with Gasteiger partial charge in [0.25, 0.3) is 0 Å². The molecule has 0 aromatic heterocycles. The second-order valence-electron chi connectivity index (χ2n) is 7.59. The Morgan fingerprint density at radius 1 is 0.625 bits per heavy atom. The van der Waals surface area contributed by atoms with Crippen LogP contribution in [-0.4, -0.2) is 12.4 Å². The maximum absolute atomic E-state index is 13.2. The lowest BCUT2D eigenvalue weighted by atomic mass is 9.99. The van der Waals surface area contributed by atoms with Crippen molar-refractivity contribution in [3.63, 3.8) is 0 Å². The molecular formula is C29H26O3. The highest BCUT2D eigenvalue weighted by atomic mass is 16.5. The first-order chi connectivity index (χ1) is 15.8. The van der Waals surface area contributed by atoms with Crippen LogP contribution in [0.4, 0.5) is 0 Å². The number of carbonyl (C=O) groups excluding carboxylic acids is 1. The van der Waals surface area contributed by atoms with Gasteiger partial charge in [-0.05, 0) is 35.2 Å². The third-order valence-corrected chi connectivity index (χ3v) is 5.21. The van der Waals surface area contributed by atoms with Crippen molar-refractivity contribution in [2.75, 3.05) is 6.61 Å². The molecule has 4 rings (SSSR count). The summed E-state index contributed by atoms with van der Waals surface area (Å²) in [6, 6.07) is 35.2. The predicted molar refractivity (Wildman–Crippen MR) is 127 cm³/mol. The summed E-state index contributed by atoms with van der Waals surface area (Å²) in [5, 5.41) is 0. The van der Waals surface area contributed by atoms with Crippen LogP contribution in [-0.2, 0) is 24.4 Å². The first kappa shape index (κ1) is 21.5. The molecule has 0 aliphatic carbocycles. The molecule has 0 aliphatic rings. The fourth-order valence-corrected chi connectivity index (χ4v) is 3.47. The third kappa shape index (κ3) is 5.93. The van der Waals surface area contributed by atoms with Crippen molar-refractivity contribution in [3.05, 3.63) is 137 Å². The summed E-state index contributed by atoms with van der Waals surface area (Å²) in [6.07, 6.45) is 0.723.